The van der Waals surface area contributed by atoms with Gasteiger partial charge in [-0.05, 0) is 56.0 Å². The van der Waals surface area contributed by atoms with E-state index in [4.69, 9.17) is 11.5 Å². The fraction of sp³-hybridized carbons (Fsp3) is 0.417. The molecule has 0 saturated carbocycles. The molecule has 2 aliphatic rings. The molecule has 1 unspecified atom stereocenters. The second-order valence-corrected chi connectivity index (χ2v) is 11.6. The number of carbonyl (C=O) groups excluding carboxylic acids is 3. The van der Waals surface area contributed by atoms with Crippen molar-refractivity contribution in [3.63, 3.8) is 0 Å². The highest BCUT2D eigenvalue weighted by Crippen LogP contribution is 2.38. The van der Waals surface area contributed by atoms with Crippen LogP contribution < -0.4 is 27.0 Å². The van der Waals surface area contributed by atoms with Crippen LogP contribution in [0, 0.1) is 0 Å². The Kier molecular flexibility index (Phi) is 7.16. The number of primary amides is 2. The van der Waals surface area contributed by atoms with Crippen LogP contribution in [0.15, 0.2) is 36.5 Å². The van der Waals surface area contributed by atoms with Gasteiger partial charge in [0.05, 0.1) is 16.9 Å². The summed E-state index contributed by atoms with van der Waals surface area (Å²) in [5, 5.41) is 6.01. The van der Waals surface area contributed by atoms with Gasteiger partial charge >= 0.3 is 0 Å². The van der Waals surface area contributed by atoms with Crippen molar-refractivity contribution in [1.29, 1.82) is 0 Å². The Bertz CT molecular complexity index is 1270. The predicted molar refractivity (Wildman–Crippen MR) is 136 cm³/mol. The van der Waals surface area contributed by atoms with E-state index in [1.807, 2.05) is 6.07 Å². The van der Waals surface area contributed by atoms with E-state index in [2.05, 4.69) is 20.5 Å². The lowest BCUT2D eigenvalue weighted by Gasteiger charge is -2.40. The fourth-order valence-electron chi connectivity index (χ4n) is 5.04. The van der Waals surface area contributed by atoms with Crippen molar-refractivity contribution in [2.24, 2.45) is 11.5 Å². The zero-order valence-electron chi connectivity index (χ0n) is 19.9. The third-order valence-electron chi connectivity index (χ3n) is 6.70. The Morgan fingerprint density at radius 2 is 1.69 bits per heavy atom. The number of nitrogens with one attached hydrogen (secondary N) is 2. The van der Waals surface area contributed by atoms with E-state index in [1.54, 1.807) is 6.07 Å². The monoisotopic (exact) mass is 514 g/mol. The number of piperidine rings is 1. The van der Waals surface area contributed by atoms with Crippen LogP contribution in [0.4, 0.5) is 11.5 Å². The summed E-state index contributed by atoms with van der Waals surface area (Å²) in [6.45, 7) is 0.0838. The molecule has 2 aromatic rings. The molecule has 0 radical (unpaired) electrons. The van der Waals surface area contributed by atoms with Gasteiger partial charge in [0.25, 0.3) is 11.8 Å². The minimum absolute atomic E-state index is 0.0337. The molecule has 2 saturated heterocycles. The van der Waals surface area contributed by atoms with Crippen LogP contribution in [0.5, 0.6) is 0 Å². The largest absolute Gasteiger partial charge is 0.383 e. The normalized spacial score (nSPS) is 21.1. The number of aromatic nitrogens is 1. The van der Waals surface area contributed by atoms with Gasteiger partial charge in [0.2, 0.25) is 5.91 Å². The molecule has 0 spiro atoms. The van der Waals surface area contributed by atoms with Gasteiger partial charge in [0.15, 0.2) is 0 Å². The molecule has 11 nitrogen and oxygen atoms in total. The van der Waals surface area contributed by atoms with Crippen molar-refractivity contribution in [3.8, 4) is 0 Å². The van der Waals surface area contributed by atoms with Crippen molar-refractivity contribution >= 4 is 39.1 Å². The number of hydrogen-bond donors (Lipinski definition) is 4. The first kappa shape index (κ1) is 25.4. The number of sulfone groups is 1. The van der Waals surface area contributed by atoms with Crippen LogP contribution in [-0.4, -0.2) is 67.8 Å². The minimum atomic E-state index is -3.20. The summed E-state index contributed by atoms with van der Waals surface area (Å²) < 4.78 is 22.9. The minimum Gasteiger partial charge on any atom is -0.383 e. The van der Waals surface area contributed by atoms with Gasteiger partial charge in [-0.2, -0.15) is 0 Å². The molecular weight excluding hydrogens is 484 g/mol. The van der Waals surface area contributed by atoms with Crippen molar-refractivity contribution < 1.29 is 22.8 Å². The van der Waals surface area contributed by atoms with E-state index in [0.29, 0.717) is 16.8 Å². The van der Waals surface area contributed by atoms with Crippen molar-refractivity contribution in [2.45, 2.75) is 43.8 Å². The number of anilines is 2. The van der Waals surface area contributed by atoms with E-state index in [1.165, 1.54) is 24.4 Å². The van der Waals surface area contributed by atoms with E-state index in [9.17, 15) is 22.8 Å². The molecule has 2 bridgehead atoms. The number of amides is 3. The van der Waals surface area contributed by atoms with Gasteiger partial charge in [-0.3, -0.25) is 14.4 Å². The molecule has 36 heavy (non-hydrogen) atoms. The number of rotatable bonds is 9. The lowest BCUT2D eigenvalue weighted by molar-refractivity contribution is 0.0924. The summed E-state index contributed by atoms with van der Waals surface area (Å²) in [6.07, 6.45) is 6.08. The quantitative estimate of drug-likeness (QED) is 0.377. The molecule has 3 heterocycles. The second kappa shape index (κ2) is 10.1. The first-order valence-electron chi connectivity index (χ1n) is 11.7. The van der Waals surface area contributed by atoms with Gasteiger partial charge in [-0.1, -0.05) is 0 Å². The third kappa shape index (κ3) is 5.76. The van der Waals surface area contributed by atoms with E-state index in [0.717, 1.165) is 37.8 Å². The SMILES string of the molecule is CS(=O)(=O)CCNc1cc(C(=O)NC2C[C@H]3CC[C@@H](C2)N3c2ccc(C(N)=O)cn2)ccc1C(N)=O. The first-order valence-corrected chi connectivity index (χ1v) is 13.8. The van der Waals surface area contributed by atoms with Crippen LogP contribution in [0.25, 0.3) is 0 Å². The lowest BCUT2D eigenvalue weighted by Crippen LogP contribution is -2.50. The van der Waals surface area contributed by atoms with Crippen molar-refractivity contribution in [1.82, 2.24) is 10.3 Å². The Hall–Kier alpha value is -3.67. The number of pyridine rings is 1. The zero-order chi connectivity index (χ0) is 26.0. The van der Waals surface area contributed by atoms with Gasteiger partial charge in [0, 0.05) is 48.4 Å². The summed E-state index contributed by atoms with van der Waals surface area (Å²) >= 11 is 0. The Labute approximate surface area is 209 Å². The topological polar surface area (TPSA) is 178 Å². The zero-order valence-corrected chi connectivity index (χ0v) is 20.8. The van der Waals surface area contributed by atoms with Crippen LogP contribution in [0.3, 0.4) is 0 Å². The average Bonchev–Trinajstić information content (AvgIpc) is 3.08. The molecule has 3 amide bonds. The highest BCUT2D eigenvalue weighted by Gasteiger charge is 2.41. The van der Waals surface area contributed by atoms with E-state index < -0.39 is 21.7 Å². The Morgan fingerprint density at radius 1 is 1.03 bits per heavy atom. The van der Waals surface area contributed by atoms with E-state index >= 15 is 0 Å². The summed E-state index contributed by atoms with van der Waals surface area (Å²) in [4.78, 5) is 42.9. The van der Waals surface area contributed by atoms with Crippen LogP contribution >= 0.6 is 0 Å². The molecule has 3 atom stereocenters. The summed E-state index contributed by atoms with van der Waals surface area (Å²) in [5.74, 6) is -0.798. The van der Waals surface area contributed by atoms with Crippen molar-refractivity contribution in [3.05, 3.63) is 53.2 Å². The predicted octanol–water partition coefficient (Wildman–Crippen LogP) is 0.666. The molecule has 192 valence electrons. The second-order valence-electron chi connectivity index (χ2n) is 9.38. The van der Waals surface area contributed by atoms with Crippen LogP contribution in [-0.2, 0) is 9.84 Å². The first-order chi connectivity index (χ1) is 17.0. The van der Waals surface area contributed by atoms with Crippen LogP contribution in [0.2, 0.25) is 0 Å². The molecule has 2 aliphatic heterocycles. The number of carbonyl (C=O) groups is 3. The molecule has 1 aromatic carbocycles. The Balaban J connectivity index is 1.42. The van der Waals surface area contributed by atoms with E-state index in [-0.39, 0.29) is 41.9 Å². The standard InChI is InChI=1S/C24H30N6O5S/c1-36(34,35)9-8-27-20-10-14(2-6-19(20)23(26)32)24(33)29-16-11-17-4-5-18(12-16)30(17)21-7-3-15(13-28-21)22(25)31/h2-3,6-7,10,13,16-18,27H,4-5,8-9,11-12H2,1H3,(H2,25,31)(H2,26,32)(H,29,33)/t16?,17-,18+. The summed E-state index contributed by atoms with van der Waals surface area (Å²) in [6, 6.07) is 8.40. The number of fused-ring (bicyclic) bond motifs is 2. The maximum Gasteiger partial charge on any atom is 0.251 e. The fourth-order valence-corrected chi connectivity index (χ4v) is 5.51. The van der Waals surface area contributed by atoms with Crippen LogP contribution in [0.1, 0.15) is 56.8 Å². The number of hydrogen-bond acceptors (Lipinski definition) is 8. The number of nitrogens with two attached hydrogens (primary N) is 2. The molecule has 6 N–H and O–H groups in total. The van der Waals surface area contributed by atoms with Gasteiger partial charge < -0.3 is 27.0 Å². The molecular formula is C24H30N6O5S. The molecule has 12 heteroatoms. The third-order valence-corrected chi connectivity index (χ3v) is 7.65. The summed E-state index contributed by atoms with van der Waals surface area (Å²) in [5.41, 5.74) is 12.0. The van der Waals surface area contributed by atoms with Gasteiger partial charge in [0.1, 0.15) is 15.7 Å². The maximum absolute atomic E-state index is 13.0. The average molecular weight is 515 g/mol. The summed E-state index contributed by atoms with van der Waals surface area (Å²) in [7, 11) is -3.20. The van der Waals surface area contributed by atoms with Crippen molar-refractivity contribution in [2.75, 3.05) is 28.8 Å². The highest BCUT2D eigenvalue weighted by atomic mass is 32.2. The van der Waals surface area contributed by atoms with Gasteiger partial charge in [-0.25, -0.2) is 13.4 Å². The maximum atomic E-state index is 13.0. The number of nitrogens with zero attached hydrogens (tertiary/aromatic N) is 2. The van der Waals surface area contributed by atoms with Gasteiger partial charge in [-0.15, -0.1) is 0 Å². The lowest BCUT2D eigenvalue weighted by atomic mass is 9.96. The molecule has 0 aliphatic carbocycles. The Morgan fingerprint density at radius 3 is 2.25 bits per heavy atom. The molecule has 2 fully saturated rings. The molecule has 1 aromatic heterocycles. The number of benzene rings is 1. The molecule has 4 rings (SSSR count). The smallest absolute Gasteiger partial charge is 0.251 e. The highest BCUT2D eigenvalue weighted by molar-refractivity contribution is 7.90.